The van der Waals surface area contributed by atoms with Crippen molar-refractivity contribution in [3.8, 4) is 12.0 Å². The first-order chi connectivity index (χ1) is 8.17. The number of anilines is 1. The van der Waals surface area contributed by atoms with Crippen LogP contribution in [0.2, 0.25) is 0 Å². The normalized spacial score (nSPS) is 15.5. The van der Waals surface area contributed by atoms with Gasteiger partial charge in [-0.1, -0.05) is 0 Å². The monoisotopic (exact) mass is 240 g/mol. The van der Waals surface area contributed by atoms with Crippen molar-refractivity contribution >= 4 is 5.95 Å². The van der Waals surface area contributed by atoms with E-state index < -0.39 is 0 Å². The molecule has 1 aromatic rings. The van der Waals surface area contributed by atoms with Gasteiger partial charge in [0, 0.05) is 7.05 Å². The summed E-state index contributed by atoms with van der Waals surface area (Å²) in [7, 11) is 1.73. The predicted molar refractivity (Wildman–Crippen MR) is 60.4 cm³/mol. The molecule has 17 heavy (non-hydrogen) atoms. The van der Waals surface area contributed by atoms with Gasteiger partial charge in [0.15, 0.2) is 0 Å². The third-order valence-electron chi connectivity index (χ3n) is 2.04. The van der Waals surface area contributed by atoms with E-state index in [0.29, 0.717) is 19.2 Å². The number of nitrogens with zero attached hydrogens (tertiary/aromatic N) is 3. The summed E-state index contributed by atoms with van der Waals surface area (Å²) < 4.78 is 15.9. The van der Waals surface area contributed by atoms with Crippen LogP contribution in [-0.4, -0.2) is 47.4 Å². The van der Waals surface area contributed by atoms with E-state index in [1.807, 2.05) is 13.8 Å². The topological polar surface area (TPSA) is 78.4 Å². The van der Waals surface area contributed by atoms with Crippen molar-refractivity contribution in [3.63, 3.8) is 0 Å². The molecule has 0 unspecified atom stereocenters. The van der Waals surface area contributed by atoms with Gasteiger partial charge in [0.05, 0.1) is 19.3 Å². The Balaban J connectivity index is 2.12. The quantitative estimate of drug-likeness (QED) is 0.801. The fraction of sp³-hybridized carbons (Fsp3) is 0.700. The highest BCUT2D eigenvalue weighted by molar-refractivity contribution is 5.26. The molecule has 0 bridgehead atoms. The fourth-order valence-corrected chi connectivity index (χ4v) is 1.20. The minimum atomic E-state index is 0.00184. The van der Waals surface area contributed by atoms with Gasteiger partial charge in [0.25, 0.3) is 0 Å². The van der Waals surface area contributed by atoms with E-state index in [4.69, 9.17) is 14.2 Å². The van der Waals surface area contributed by atoms with Gasteiger partial charge in [0.2, 0.25) is 5.95 Å². The first-order valence-corrected chi connectivity index (χ1v) is 5.52. The summed E-state index contributed by atoms with van der Waals surface area (Å²) in [6.45, 7) is 4.95. The van der Waals surface area contributed by atoms with Crippen LogP contribution < -0.4 is 14.8 Å². The van der Waals surface area contributed by atoms with Crippen LogP contribution in [0, 0.1) is 0 Å². The molecule has 1 fully saturated rings. The Bertz CT molecular complexity index is 382. The molecule has 0 aliphatic carbocycles. The Hall–Kier alpha value is -1.63. The average Bonchev–Trinajstić information content (AvgIpc) is 2.22. The smallest absolute Gasteiger partial charge is 0.324 e. The first kappa shape index (κ1) is 11.8. The highest BCUT2D eigenvalue weighted by Gasteiger charge is 2.22. The van der Waals surface area contributed by atoms with Gasteiger partial charge < -0.3 is 19.5 Å². The molecule has 1 aromatic heterocycles. The van der Waals surface area contributed by atoms with Crippen LogP contribution in [0.3, 0.4) is 0 Å². The molecule has 0 radical (unpaired) electrons. The van der Waals surface area contributed by atoms with Gasteiger partial charge >= 0.3 is 12.0 Å². The summed E-state index contributed by atoms with van der Waals surface area (Å²) in [6.07, 6.45) is 0.0241. The van der Waals surface area contributed by atoms with Gasteiger partial charge in [-0.2, -0.15) is 9.97 Å². The zero-order chi connectivity index (χ0) is 12.3. The highest BCUT2D eigenvalue weighted by Crippen LogP contribution is 2.16. The number of hydrogen-bond acceptors (Lipinski definition) is 7. The van der Waals surface area contributed by atoms with Gasteiger partial charge in [-0.15, -0.1) is 4.98 Å². The van der Waals surface area contributed by atoms with Gasteiger partial charge in [-0.3, -0.25) is 0 Å². The van der Waals surface area contributed by atoms with Crippen LogP contribution in [0.5, 0.6) is 12.0 Å². The molecule has 1 aliphatic heterocycles. The van der Waals surface area contributed by atoms with E-state index >= 15 is 0 Å². The van der Waals surface area contributed by atoms with Crippen LogP contribution in [-0.2, 0) is 4.74 Å². The number of ether oxygens (including phenoxy) is 3. The summed E-state index contributed by atoms with van der Waals surface area (Å²) in [6, 6.07) is 0.517. The summed E-state index contributed by atoms with van der Waals surface area (Å²) in [5.74, 6) is 0.422. The molecule has 1 N–H and O–H groups in total. The van der Waals surface area contributed by atoms with Crippen molar-refractivity contribution in [2.45, 2.75) is 26.1 Å². The van der Waals surface area contributed by atoms with Crippen LogP contribution in [0.4, 0.5) is 5.95 Å². The molecule has 7 heteroatoms. The molecule has 2 rings (SSSR count). The third kappa shape index (κ3) is 3.16. The van der Waals surface area contributed by atoms with Crippen molar-refractivity contribution < 1.29 is 14.2 Å². The molecule has 7 nitrogen and oxygen atoms in total. The SMILES string of the molecule is CNc1nc(OC(C)C)nc(OC2COC2)n1. The van der Waals surface area contributed by atoms with Crippen molar-refractivity contribution in [1.29, 1.82) is 0 Å². The molecule has 0 atom stereocenters. The van der Waals surface area contributed by atoms with E-state index in [1.54, 1.807) is 7.05 Å². The van der Waals surface area contributed by atoms with Gasteiger partial charge in [-0.25, -0.2) is 0 Å². The maximum Gasteiger partial charge on any atom is 0.324 e. The second-order valence-corrected chi connectivity index (χ2v) is 3.92. The van der Waals surface area contributed by atoms with E-state index in [0.717, 1.165) is 0 Å². The maximum absolute atomic E-state index is 5.51. The van der Waals surface area contributed by atoms with Crippen LogP contribution in [0.1, 0.15) is 13.8 Å². The van der Waals surface area contributed by atoms with Gasteiger partial charge in [-0.05, 0) is 13.8 Å². The molecule has 1 aliphatic rings. The molecule has 2 heterocycles. The number of hydrogen-bond donors (Lipinski definition) is 1. The van der Waals surface area contributed by atoms with Crippen molar-refractivity contribution in [2.24, 2.45) is 0 Å². The molecular weight excluding hydrogens is 224 g/mol. The maximum atomic E-state index is 5.51. The Morgan fingerprint density at radius 3 is 2.47 bits per heavy atom. The molecule has 0 saturated carbocycles. The summed E-state index contributed by atoms with van der Waals surface area (Å²) in [5.41, 5.74) is 0. The number of rotatable bonds is 5. The average molecular weight is 240 g/mol. The van der Waals surface area contributed by atoms with E-state index in [1.165, 1.54) is 0 Å². The lowest BCUT2D eigenvalue weighted by Crippen LogP contribution is -2.39. The summed E-state index contributed by atoms with van der Waals surface area (Å²) >= 11 is 0. The zero-order valence-electron chi connectivity index (χ0n) is 10.1. The Labute approximate surface area is 99.5 Å². The number of aromatic nitrogens is 3. The predicted octanol–water partition coefficient (Wildman–Crippen LogP) is 0.478. The van der Waals surface area contributed by atoms with E-state index in [2.05, 4.69) is 20.3 Å². The minimum Gasteiger partial charge on any atom is -0.461 e. The molecule has 1 saturated heterocycles. The second kappa shape index (κ2) is 5.13. The van der Waals surface area contributed by atoms with Crippen LogP contribution in [0.25, 0.3) is 0 Å². The minimum absolute atomic E-state index is 0.00184. The Kier molecular flexibility index (Phi) is 3.58. The van der Waals surface area contributed by atoms with E-state index in [-0.39, 0.29) is 24.2 Å². The fourth-order valence-electron chi connectivity index (χ4n) is 1.20. The third-order valence-corrected chi connectivity index (χ3v) is 2.04. The summed E-state index contributed by atoms with van der Waals surface area (Å²) in [4.78, 5) is 12.2. The molecule has 94 valence electrons. The van der Waals surface area contributed by atoms with Crippen molar-refractivity contribution in [3.05, 3.63) is 0 Å². The summed E-state index contributed by atoms with van der Waals surface area (Å²) in [5, 5.41) is 2.84. The second-order valence-electron chi connectivity index (χ2n) is 3.92. The van der Waals surface area contributed by atoms with Gasteiger partial charge in [0.1, 0.15) is 6.10 Å². The number of nitrogens with one attached hydrogen (secondary N) is 1. The lowest BCUT2D eigenvalue weighted by molar-refractivity contribution is -0.0833. The van der Waals surface area contributed by atoms with Crippen LogP contribution in [0.15, 0.2) is 0 Å². The van der Waals surface area contributed by atoms with Crippen LogP contribution >= 0.6 is 0 Å². The first-order valence-electron chi connectivity index (χ1n) is 5.52. The Morgan fingerprint density at radius 1 is 1.24 bits per heavy atom. The largest absolute Gasteiger partial charge is 0.461 e. The van der Waals surface area contributed by atoms with Crippen molar-refractivity contribution in [1.82, 2.24) is 15.0 Å². The zero-order valence-corrected chi connectivity index (χ0v) is 10.1. The molecule has 0 amide bonds. The molecule has 0 spiro atoms. The highest BCUT2D eigenvalue weighted by atomic mass is 16.6. The standard InChI is InChI=1S/C10H16N4O3/c1-6(2)16-9-12-8(11-3)13-10(14-9)17-7-4-15-5-7/h6-7H,4-5H2,1-3H3,(H,11,12,13,14). The lowest BCUT2D eigenvalue weighted by atomic mass is 10.3. The van der Waals surface area contributed by atoms with E-state index in [9.17, 15) is 0 Å². The van der Waals surface area contributed by atoms with Crippen molar-refractivity contribution in [2.75, 3.05) is 25.6 Å². The molecule has 0 aromatic carbocycles. The molecular formula is C10H16N4O3. The Morgan fingerprint density at radius 2 is 1.94 bits per heavy atom. The lowest BCUT2D eigenvalue weighted by Gasteiger charge is -2.25.